The molecule has 2 unspecified atom stereocenters. The zero-order valence-corrected chi connectivity index (χ0v) is 21.9. The van der Waals surface area contributed by atoms with Gasteiger partial charge in [-0.2, -0.15) is 0 Å². The van der Waals surface area contributed by atoms with E-state index in [0.29, 0.717) is 16.9 Å². The molecular weight excluding hydrogens is 487 g/mol. The van der Waals surface area contributed by atoms with E-state index in [1.807, 2.05) is 18.2 Å². The first-order chi connectivity index (χ1) is 14.4. The molecule has 0 bridgehead atoms. The SMILES string of the molecule is CCCC[N]1[O][Ti+2]1[C]1=C(C)C(C)=CC1C.Fc1cc(F)c2cccc3c2c1C=CC3.[Cl-].[Cl-]. The van der Waals surface area contributed by atoms with E-state index < -0.39 is 30.1 Å². The molecule has 32 heavy (non-hydrogen) atoms. The molecule has 171 valence electrons. The average molecular weight is 515 g/mol. The predicted molar refractivity (Wildman–Crippen MR) is 115 cm³/mol. The quantitative estimate of drug-likeness (QED) is 0.447. The largest absolute Gasteiger partial charge is 1.00 e. The van der Waals surface area contributed by atoms with Crippen LogP contribution in [-0.2, 0) is 28.4 Å². The summed E-state index contributed by atoms with van der Waals surface area (Å²) in [5.74, 6) is -0.335. The van der Waals surface area contributed by atoms with Crippen molar-refractivity contribution in [3.05, 3.63) is 74.2 Å². The third-order valence-electron chi connectivity index (χ3n) is 6.10. The van der Waals surface area contributed by atoms with E-state index in [2.05, 4.69) is 37.3 Å². The summed E-state index contributed by atoms with van der Waals surface area (Å²) in [7, 11) is 0. The summed E-state index contributed by atoms with van der Waals surface area (Å²) in [4.78, 5) is 0. The van der Waals surface area contributed by atoms with Gasteiger partial charge in [-0.05, 0) is 17.4 Å². The van der Waals surface area contributed by atoms with Crippen LogP contribution in [-0.4, -0.2) is 10.1 Å². The Bertz CT molecular complexity index is 1080. The fourth-order valence-corrected chi connectivity index (χ4v) is 7.73. The first-order valence-electron chi connectivity index (χ1n) is 10.7. The Morgan fingerprint density at radius 1 is 1.16 bits per heavy atom. The molecule has 0 spiro atoms. The molecule has 0 N–H and O–H groups in total. The third kappa shape index (κ3) is 5.38. The summed E-state index contributed by atoms with van der Waals surface area (Å²) in [6, 6.07) is 6.36. The molecule has 2 aliphatic carbocycles. The molecule has 2 atom stereocenters. The van der Waals surface area contributed by atoms with E-state index in [1.54, 1.807) is 16.0 Å². The van der Waals surface area contributed by atoms with Crippen LogP contribution >= 0.6 is 0 Å². The Kier molecular flexibility index (Phi) is 9.72. The molecule has 7 heteroatoms. The fraction of sp³-hybridized carbons (Fsp3) is 0.360. The summed E-state index contributed by atoms with van der Waals surface area (Å²) in [6.45, 7) is 10.2. The Hall–Kier alpha value is -1.01. The number of hydrogen-bond acceptors (Lipinski definition) is 2. The van der Waals surface area contributed by atoms with Crippen molar-refractivity contribution < 1.29 is 55.5 Å². The van der Waals surface area contributed by atoms with Crippen LogP contribution in [0.2, 0.25) is 0 Å². The van der Waals surface area contributed by atoms with Crippen LogP contribution in [0, 0.1) is 17.6 Å². The van der Waals surface area contributed by atoms with E-state index in [1.165, 1.54) is 24.0 Å². The molecule has 5 rings (SSSR count). The summed E-state index contributed by atoms with van der Waals surface area (Å²) in [5.41, 5.74) is 4.47. The number of unbranched alkanes of at least 4 members (excludes halogenated alkanes) is 1. The van der Waals surface area contributed by atoms with Crippen LogP contribution in [0.25, 0.3) is 16.8 Å². The van der Waals surface area contributed by atoms with Crippen LogP contribution in [0.15, 0.2) is 51.4 Å². The second kappa shape index (κ2) is 11.4. The van der Waals surface area contributed by atoms with E-state index in [0.717, 1.165) is 30.0 Å². The monoisotopic (exact) mass is 514 g/mol. The first kappa shape index (κ1) is 27.2. The molecule has 3 aliphatic rings. The van der Waals surface area contributed by atoms with E-state index >= 15 is 0 Å². The van der Waals surface area contributed by atoms with Gasteiger partial charge in [0.15, 0.2) is 0 Å². The van der Waals surface area contributed by atoms with Gasteiger partial charge in [-0.25, -0.2) is 8.78 Å². The molecule has 1 heterocycles. The number of allylic oxidation sites excluding steroid dienone is 5. The van der Waals surface area contributed by atoms with Gasteiger partial charge in [0.25, 0.3) is 0 Å². The Labute approximate surface area is 208 Å². The molecule has 0 radical (unpaired) electrons. The minimum absolute atomic E-state index is 0. The number of hydrogen-bond donors (Lipinski definition) is 0. The number of hydroxylamine groups is 1. The van der Waals surface area contributed by atoms with Crippen molar-refractivity contribution in [1.82, 2.24) is 3.55 Å². The zero-order chi connectivity index (χ0) is 21.4. The molecule has 2 aromatic rings. The van der Waals surface area contributed by atoms with Crippen molar-refractivity contribution in [3.63, 3.8) is 0 Å². The molecular formula is C25H28Cl2F2NOTi. The van der Waals surface area contributed by atoms with Gasteiger partial charge in [-0.1, -0.05) is 30.4 Å². The van der Waals surface area contributed by atoms with Gasteiger partial charge in [0.05, 0.1) is 0 Å². The maximum Gasteiger partial charge on any atom is 0.133 e. The van der Waals surface area contributed by atoms with Gasteiger partial charge in [0.1, 0.15) is 11.6 Å². The van der Waals surface area contributed by atoms with Crippen LogP contribution < -0.4 is 24.8 Å². The molecule has 2 aromatic carbocycles. The van der Waals surface area contributed by atoms with Gasteiger partial charge in [0.2, 0.25) is 0 Å². The summed E-state index contributed by atoms with van der Waals surface area (Å²) < 4.78 is 36.7. The maximum absolute atomic E-state index is 13.5. The molecule has 0 saturated carbocycles. The Balaban J connectivity index is 0.000000214. The Morgan fingerprint density at radius 2 is 1.91 bits per heavy atom. The zero-order valence-electron chi connectivity index (χ0n) is 18.8. The van der Waals surface area contributed by atoms with E-state index in [-0.39, 0.29) is 24.8 Å². The fourth-order valence-electron chi connectivity index (χ4n) is 4.35. The van der Waals surface area contributed by atoms with Crippen molar-refractivity contribution in [3.8, 4) is 0 Å². The van der Waals surface area contributed by atoms with Gasteiger partial charge >= 0.3 is 99.6 Å². The number of benzene rings is 2. The smallest absolute Gasteiger partial charge is 0.133 e. The first-order valence-corrected chi connectivity index (χ1v) is 12.8. The number of halogens is 4. The normalized spacial score (nSPS) is 20.3. The van der Waals surface area contributed by atoms with Gasteiger partial charge in [-0.15, -0.1) is 0 Å². The predicted octanol–water partition coefficient (Wildman–Crippen LogP) is 1.05. The van der Waals surface area contributed by atoms with E-state index in [9.17, 15) is 8.78 Å². The molecule has 1 aliphatic heterocycles. The average Bonchev–Trinajstić information content (AvgIpc) is 3.44. The summed E-state index contributed by atoms with van der Waals surface area (Å²) in [5, 5.41) is 1.23. The minimum atomic E-state index is -1.39. The van der Waals surface area contributed by atoms with Crippen molar-refractivity contribution in [1.29, 1.82) is 0 Å². The van der Waals surface area contributed by atoms with Crippen LogP contribution in [0.3, 0.4) is 0 Å². The molecule has 0 aromatic heterocycles. The molecule has 0 amide bonds. The summed E-state index contributed by atoms with van der Waals surface area (Å²) in [6.07, 6.45) is 9.28. The van der Waals surface area contributed by atoms with Crippen LogP contribution in [0.1, 0.15) is 51.7 Å². The van der Waals surface area contributed by atoms with Gasteiger partial charge in [0, 0.05) is 17.0 Å². The summed E-state index contributed by atoms with van der Waals surface area (Å²) >= 11 is -1.39. The van der Waals surface area contributed by atoms with Gasteiger partial charge in [-0.3, -0.25) is 0 Å². The standard InChI is InChI=1S/C13H8F2.C8H11.C4H9NO.2ClH.Ti/c14-11-7-12(15)10-6-2-4-8-3-1-5-9(11)13(8)10;1-6-4-7(2)8(3)5-6;1-2-3-4-5-6;;;/h1-3,5-7H,4H2;4,6H,1-3H3;2-4H2,1H3;2*1H;/q;;-2;;;+4/p-2. The van der Waals surface area contributed by atoms with Gasteiger partial charge < -0.3 is 24.8 Å². The number of nitrogens with zero attached hydrogens (tertiary/aromatic N) is 1. The van der Waals surface area contributed by atoms with Crippen molar-refractivity contribution >= 4 is 16.8 Å². The topological polar surface area (TPSA) is 15.5 Å². The van der Waals surface area contributed by atoms with Crippen molar-refractivity contribution in [2.75, 3.05) is 6.54 Å². The molecule has 2 nitrogen and oxygen atoms in total. The number of rotatable bonds is 4. The van der Waals surface area contributed by atoms with E-state index in [4.69, 9.17) is 3.42 Å². The Morgan fingerprint density at radius 3 is 2.56 bits per heavy atom. The molecule has 1 saturated heterocycles. The maximum atomic E-state index is 13.5. The second-order valence-electron chi connectivity index (χ2n) is 8.23. The third-order valence-corrected chi connectivity index (χ3v) is 9.68. The van der Waals surface area contributed by atoms with Crippen molar-refractivity contribution in [2.24, 2.45) is 5.92 Å². The second-order valence-corrected chi connectivity index (χ2v) is 11.1. The molecule has 1 fully saturated rings. The van der Waals surface area contributed by atoms with Crippen molar-refractivity contribution in [2.45, 2.75) is 47.0 Å². The van der Waals surface area contributed by atoms with Crippen LogP contribution in [0.5, 0.6) is 0 Å². The van der Waals surface area contributed by atoms with Crippen LogP contribution in [0.4, 0.5) is 8.78 Å². The minimum Gasteiger partial charge on any atom is -1.00 e.